The lowest BCUT2D eigenvalue weighted by atomic mass is 10.2. The molecule has 0 saturated heterocycles. The topological polar surface area (TPSA) is 38.3 Å². The van der Waals surface area contributed by atoms with Crippen LogP contribution in [-0.4, -0.2) is 12.5 Å². The van der Waals surface area contributed by atoms with Crippen molar-refractivity contribution in [1.82, 2.24) is 0 Å². The maximum absolute atomic E-state index is 13.0. The summed E-state index contributed by atoms with van der Waals surface area (Å²) in [7, 11) is 1.22. The van der Waals surface area contributed by atoms with Gasteiger partial charge in [0.1, 0.15) is 5.82 Å². The molecule has 1 N–H and O–H groups in total. The standard InChI is InChI=1S/C8H6ClF2NO2/c1-14-7-3-6(12-8(9)13)4(10)2-5(7)11/h2-3H,1H3,(H,12,13). The summed E-state index contributed by atoms with van der Waals surface area (Å²) in [5.74, 6) is -1.94. The Bertz CT molecular complexity index is 371. The first kappa shape index (κ1) is 10.7. The van der Waals surface area contributed by atoms with Crippen molar-refractivity contribution in [2.45, 2.75) is 0 Å². The number of carbonyl (C=O) groups is 1. The second-order valence-corrected chi connectivity index (χ2v) is 2.71. The lowest BCUT2D eigenvalue weighted by Crippen LogP contribution is -2.04. The SMILES string of the molecule is COc1cc(NC(=O)Cl)c(F)cc1F. The minimum Gasteiger partial charge on any atom is -0.494 e. The predicted octanol–water partition coefficient (Wildman–Crippen LogP) is 2.74. The van der Waals surface area contributed by atoms with Gasteiger partial charge in [0.05, 0.1) is 12.8 Å². The van der Waals surface area contributed by atoms with Crippen LogP contribution in [0.1, 0.15) is 0 Å². The number of amides is 1. The molecule has 1 rings (SSSR count). The van der Waals surface area contributed by atoms with E-state index < -0.39 is 17.0 Å². The van der Waals surface area contributed by atoms with Gasteiger partial charge in [-0.2, -0.15) is 0 Å². The van der Waals surface area contributed by atoms with Crippen molar-refractivity contribution in [2.75, 3.05) is 12.4 Å². The van der Waals surface area contributed by atoms with Gasteiger partial charge >= 0.3 is 5.37 Å². The molecule has 0 aliphatic heterocycles. The van der Waals surface area contributed by atoms with Gasteiger partial charge in [-0.1, -0.05) is 0 Å². The van der Waals surface area contributed by atoms with Crippen LogP contribution >= 0.6 is 11.6 Å². The Balaban J connectivity index is 3.10. The van der Waals surface area contributed by atoms with Crippen LogP contribution in [0.4, 0.5) is 19.3 Å². The highest BCUT2D eigenvalue weighted by Gasteiger charge is 2.11. The average Bonchev–Trinajstić information content (AvgIpc) is 2.09. The molecule has 0 fully saturated rings. The van der Waals surface area contributed by atoms with Crippen molar-refractivity contribution in [3.63, 3.8) is 0 Å². The summed E-state index contributed by atoms with van der Waals surface area (Å²) in [5.41, 5.74) is -0.233. The van der Waals surface area contributed by atoms with Crippen LogP contribution in [0, 0.1) is 11.6 Å². The molecule has 0 atom stereocenters. The van der Waals surface area contributed by atoms with Crippen LogP contribution in [0.25, 0.3) is 0 Å². The minimum atomic E-state index is -0.961. The second-order valence-electron chi connectivity index (χ2n) is 2.37. The summed E-state index contributed by atoms with van der Waals surface area (Å²) < 4.78 is 30.4. The number of nitrogens with one attached hydrogen (secondary N) is 1. The van der Waals surface area contributed by atoms with E-state index in [1.165, 1.54) is 7.11 Å². The van der Waals surface area contributed by atoms with E-state index in [-0.39, 0.29) is 11.4 Å². The van der Waals surface area contributed by atoms with Gasteiger partial charge in [0.25, 0.3) is 0 Å². The molecule has 3 nitrogen and oxygen atoms in total. The summed E-state index contributed by atoms with van der Waals surface area (Å²) in [5, 5.41) is 1.02. The Morgan fingerprint density at radius 1 is 1.43 bits per heavy atom. The van der Waals surface area contributed by atoms with Crippen LogP contribution in [0.15, 0.2) is 12.1 Å². The van der Waals surface area contributed by atoms with Gasteiger partial charge in [-0.3, -0.25) is 4.79 Å². The highest BCUT2D eigenvalue weighted by Crippen LogP contribution is 2.25. The summed E-state index contributed by atoms with van der Waals surface area (Å²) >= 11 is 4.97. The fourth-order valence-corrected chi connectivity index (χ4v) is 0.989. The Morgan fingerprint density at radius 2 is 2.07 bits per heavy atom. The molecule has 0 aromatic heterocycles. The van der Waals surface area contributed by atoms with E-state index in [4.69, 9.17) is 11.6 Å². The second kappa shape index (κ2) is 4.23. The maximum Gasteiger partial charge on any atom is 0.318 e. The van der Waals surface area contributed by atoms with Crippen molar-refractivity contribution in [3.05, 3.63) is 23.8 Å². The molecule has 1 aromatic carbocycles. The zero-order valence-corrected chi connectivity index (χ0v) is 7.86. The molecule has 1 aromatic rings. The summed E-state index contributed by atoms with van der Waals surface area (Å²) in [6.07, 6.45) is 0. The Kier molecular flexibility index (Phi) is 3.24. The molecule has 0 unspecified atom stereocenters. The monoisotopic (exact) mass is 221 g/mol. The third-order valence-electron chi connectivity index (χ3n) is 1.47. The largest absolute Gasteiger partial charge is 0.494 e. The highest BCUT2D eigenvalue weighted by molar-refractivity contribution is 6.65. The van der Waals surface area contributed by atoms with Gasteiger partial charge < -0.3 is 10.1 Å². The first-order valence-corrected chi connectivity index (χ1v) is 3.92. The van der Waals surface area contributed by atoms with E-state index in [1.807, 2.05) is 5.32 Å². The number of carbonyl (C=O) groups excluding carboxylic acids is 1. The highest BCUT2D eigenvalue weighted by atomic mass is 35.5. The molecule has 1 amide bonds. The molecule has 0 spiro atoms. The van der Waals surface area contributed by atoms with Crippen LogP contribution in [0.5, 0.6) is 5.75 Å². The van der Waals surface area contributed by atoms with Crippen molar-refractivity contribution in [1.29, 1.82) is 0 Å². The van der Waals surface area contributed by atoms with Crippen molar-refractivity contribution in [2.24, 2.45) is 0 Å². The molecule has 0 radical (unpaired) electrons. The number of methoxy groups -OCH3 is 1. The number of halogens is 3. The average molecular weight is 222 g/mol. The molecule has 0 aliphatic rings. The summed E-state index contributed by atoms with van der Waals surface area (Å²) in [4.78, 5) is 10.4. The van der Waals surface area contributed by atoms with E-state index in [0.29, 0.717) is 6.07 Å². The Hall–Kier alpha value is -1.36. The van der Waals surface area contributed by atoms with Crippen LogP contribution < -0.4 is 10.1 Å². The quantitative estimate of drug-likeness (QED) is 0.616. The number of hydrogen-bond acceptors (Lipinski definition) is 2. The van der Waals surface area contributed by atoms with E-state index >= 15 is 0 Å². The molecule has 6 heteroatoms. The molecular formula is C8H6ClF2NO2. The van der Waals surface area contributed by atoms with Gasteiger partial charge in [-0.15, -0.1) is 0 Å². The lowest BCUT2D eigenvalue weighted by molar-refractivity contribution is 0.269. The molecule has 0 aliphatic carbocycles. The van der Waals surface area contributed by atoms with Gasteiger partial charge in [0, 0.05) is 12.1 Å². The van der Waals surface area contributed by atoms with Gasteiger partial charge in [0.2, 0.25) is 0 Å². The van der Waals surface area contributed by atoms with Gasteiger partial charge in [0.15, 0.2) is 11.6 Å². The van der Waals surface area contributed by atoms with Crippen molar-refractivity contribution < 1.29 is 18.3 Å². The van der Waals surface area contributed by atoms with Gasteiger partial charge in [-0.05, 0) is 11.6 Å². The lowest BCUT2D eigenvalue weighted by Gasteiger charge is -2.06. The first-order chi connectivity index (χ1) is 6.54. The van der Waals surface area contributed by atoms with Crippen molar-refractivity contribution in [3.8, 4) is 5.75 Å². The fourth-order valence-electron chi connectivity index (χ4n) is 0.887. The number of anilines is 1. The Labute approximate surface area is 83.6 Å². The van der Waals surface area contributed by atoms with Crippen molar-refractivity contribution >= 4 is 22.7 Å². The summed E-state index contributed by atoms with van der Waals surface area (Å²) in [6.45, 7) is 0. The third-order valence-corrected chi connectivity index (χ3v) is 1.57. The van der Waals surface area contributed by atoms with E-state index in [9.17, 15) is 13.6 Å². The molecule has 0 bridgehead atoms. The number of rotatable bonds is 2. The number of hydrogen-bond donors (Lipinski definition) is 1. The molecular weight excluding hydrogens is 216 g/mol. The Morgan fingerprint density at radius 3 is 2.57 bits per heavy atom. The molecule has 0 heterocycles. The smallest absolute Gasteiger partial charge is 0.318 e. The van der Waals surface area contributed by atoms with E-state index in [0.717, 1.165) is 6.07 Å². The number of ether oxygens (including phenoxy) is 1. The maximum atomic E-state index is 13.0. The predicted molar refractivity (Wildman–Crippen MR) is 47.8 cm³/mol. The zero-order chi connectivity index (χ0) is 10.7. The first-order valence-electron chi connectivity index (χ1n) is 3.54. The fraction of sp³-hybridized carbons (Fsp3) is 0.125. The normalized spacial score (nSPS) is 9.71. The molecule has 14 heavy (non-hydrogen) atoms. The van der Waals surface area contributed by atoms with Gasteiger partial charge in [-0.25, -0.2) is 8.78 Å². The van der Waals surface area contributed by atoms with E-state index in [1.54, 1.807) is 0 Å². The zero-order valence-electron chi connectivity index (χ0n) is 7.11. The van der Waals surface area contributed by atoms with E-state index in [2.05, 4.69) is 4.74 Å². The van der Waals surface area contributed by atoms with Crippen LogP contribution in [0.3, 0.4) is 0 Å². The summed E-state index contributed by atoms with van der Waals surface area (Å²) in [6, 6.07) is 1.60. The van der Waals surface area contributed by atoms with Crippen LogP contribution in [0.2, 0.25) is 0 Å². The molecule has 76 valence electrons. The van der Waals surface area contributed by atoms with Crippen LogP contribution in [-0.2, 0) is 0 Å². The number of benzene rings is 1. The minimum absolute atomic E-state index is 0.174. The third kappa shape index (κ3) is 2.32. The molecule has 0 saturated carbocycles.